The van der Waals surface area contributed by atoms with Crippen LogP contribution in [0.25, 0.3) is 22.9 Å². The summed E-state index contributed by atoms with van der Waals surface area (Å²) in [4.78, 5) is 14.4. The first kappa shape index (κ1) is 17.4. The molecule has 3 aromatic rings. The van der Waals surface area contributed by atoms with Crippen LogP contribution in [0.4, 0.5) is 0 Å². The number of aromatic nitrogens is 2. The van der Waals surface area contributed by atoms with Gasteiger partial charge in [-0.25, -0.2) is 0 Å². The molecule has 1 aliphatic rings. The Morgan fingerprint density at radius 2 is 1.70 bits per heavy atom. The van der Waals surface area contributed by atoms with Crippen molar-refractivity contribution < 1.29 is 14.3 Å². The third-order valence-corrected chi connectivity index (χ3v) is 4.82. The lowest BCUT2D eigenvalue weighted by atomic mass is 10.1. The number of amides is 1. The standard InChI is InChI=1S/C21H21N3O3/c1-14-3-2-4-17(13-14)20-23-22-19(27-20)15-5-7-16(8-6-15)21(26)24-11-9-18(25)10-12-24/h2-8,13,18,25H,9-12H2,1H3. The summed E-state index contributed by atoms with van der Waals surface area (Å²) < 4.78 is 5.79. The van der Waals surface area contributed by atoms with Crippen LogP contribution in [-0.4, -0.2) is 45.3 Å². The largest absolute Gasteiger partial charge is 0.416 e. The maximum Gasteiger partial charge on any atom is 0.253 e. The Kier molecular flexibility index (Phi) is 4.73. The highest BCUT2D eigenvalue weighted by Gasteiger charge is 2.22. The number of likely N-dealkylation sites (tertiary alicyclic amines) is 1. The van der Waals surface area contributed by atoms with E-state index < -0.39 is 0 Å². The van der Waals surface area contributed by atoms with Gasteiger partial charge in [0.05, 0.1) is 6.10 Å². The maximum absolute atomic E-state index is 12.6. The molecule has 1 N–H and O–H groups in total. The van der Waals surface area contributed by atoms with E-state index >= 15 is 0 Å². The molecule has 0 bridgehead atoms. The quantitative estimate of drug-likeness (QED) is 0.772. The van der Waals surface area contributed by atoms with Gasteiger partial charge in [-0.2, -0.15) is 0 Å². The van der Waals surface area contributed by atoms with Crippen LogP contribution in [-0.2, 0) is 0 Å². The number of aliphatic hydroxyl groups excluding tert-OH is 1. The van der Waals surface area contributed by atoms with E-state index in [4.69, 9.17) is 4.42 Å². The second-order valence-electron chi connectivity index (χ2n) is 6.88. The molecule has 1 saturated heterocycles. The topological polar surface area (TPSA) is 79.5 Å². The third-order valence-electron chi connectivity index (χ3n) is 4.82. The first-order valence-electron chi connectivity index (χ1n) is 9.08. The van der Waals surface area contributed by atoms with Crippen molar-refractivity contribution in [3.05, 3.63) is 59.7 Å². The zero-order chi connectivity index (χ0) is 18.8. The Hall–Kier alpha value is -2.99. The van der Waals surface area contributed by atoms with E-state index in [0.717, 1.165) is 16.7 Å². The molecule has 4 rings (SSSR count). The molecule has 0 spiro atoms. The summed E-state index contributed by atoms with van der Waals surface area (Å²) in [5.41, 5.74) is 3.40. The number of rotatable bonds is 3. The predicted molar refractivity (Wildman–Crippen MR) is 101 cm³/mol. The Bertz CT molecular complexity index is 941. The van der Waals surface area contributed by atoms with Crippen molar-refractivity contribution in [1.82, 2.24) is 15.1 Å². The van der Waals surface area contributed by atoms with Gasteiger partial charge in [0.1, 0.15) is 0 Å². The van der Waals surface area contributed by atoms with E-state index in [-0.39, 0.29) is 12.0 Å². The number of piperidine rings is 1. The zero-order valence-corrected chi connectivity index (χ0v) is 15.1. The van der Waals surface area contributed by atoms with Crippen LogP contribution in [0.5, 0.6) is 0 Å². The van der Waals surface area contributed by atoms with Crippen molar-refractivity contribution in [3.8, 4) is 22.9 Å². The number of hydrogen-bond donors (Lipinski definition) is 1. The lowest BCUT2D eigenvalue weighted by molar-refractivity contribution is 0.0546. The first-order valence-corrected chi connectivity index (χ1v) is 9.08. The molecule has 2 aromatic carbocycles. The summed E-state index contributed by atoms with van der Waals surface area (Å²) in [7, 11) is 0. The van der Waals surface area contributed by atoms with Crippen LogP contribution in [0, 0.1) is 6.92 Å². The Morgan fingerprint density at radius 1 is 1.04 bits per heavy atom. The van der Waals surface area contributed by atoms with Crippen LogP contribution >= 0.6 is 0 Å². The van der Waals surface area contributed by atoms with Gasteiger partial charge in [0.2, 0.25) is 11.8 Å². The number of carbonyl (C=O) groups excluding carboxylic acids is 1. The molecule has 1 fully saturated rings. The molecule has 27 heavy (non-hydrogen) atoms. The van der Waals surface area contributed by atoms with E-state index in [1.165, 1.54) is 0 Å². The molecule has 6 nitrogen and oxygen atoms in total. The molecule has 0 unspecified atom stereocenters. The number of benzene rings is 2. The Labute approximate surface area is 157 Å². The van der Waals surface area contributed by atoms with Gasteiger partial charge in [-0.15, -0.1) is 10.2 Å². The summed E-state index contributed by atoms with van der Waals surface area (Å²) in [6.07, 6.45) is 0.970. The number of aliphatic hydroxyl groups is 1. The molecule has 1 aliphatic heterocycles. The minimum atomic E-state index is -0.295. The second-order valence-corrected chi connectivity index (χ2v) is 6.88. The van der Waals surface area contributed by atoms with Crippen LogP contribution in [0.2, 0.25) is 0 Å². The van der Waals surface area contributed by atoms with E-state index in [2.05, 4.69) is 10.2 Å². The summed E-state index contributed by atoms with van der Waals surface area (Å²) in [5, 5.41) is 17.8. The second kappa shape index (κ2) is 7.32. The smallest absolute Gasteiger partial charge is 0.253 e. The minimum absolute atomic E-state index is 0.0144. The highest BCUT2D eigenvalue weighted by atomic mass is 16.4. The van der Waals surface area contributed by atoms with Gasteiger partial charge in [-0.1, -0.05) is 17.7 Å². The van der Waals surface area contributed by atoms with E-state index in [0.29, 0.717) is 43.3 Å². The average Bonchev–Trinajstić information content (AvgIpc) is 3.18. The van der Waals surface area contributed by atoms with Gasteiger partial charge >= 0.3 is 0 Å². The van der Waals surface area contributed by atoms with Crippen molar-refractivity contribution in [3.63, 3.8) is 0 Å². The van der Waals surface area contributed by atoms with E-state index in [1.807, 2.05) is 43.3 Å². The third kappa shape index (κ3) is 3.75. The van der Waals surface area contributed by atoms with Crippen molar-refractivity contribution in [1.29, 1.82) is 0 Å². The number of carbonyl (C=O) groups is 1. The van der Waals surface area contributed by atoms with Crippen molar-refractivity contribution in [2.24, 2.45) is 0 Å². The summed E-state index contributed by atoms with van der Waals surface area (Å²) in [6.45, 7) is 3.19. The fourth-order valence-corrected chi connectivity index (χ4v) is 3.24. The van der Waals surface area contributed by atoms with Gasteiger partial charge in [-0.05, 0) is 56.2 Å². The van der Waals surface area contributed by atoms with Gasteiger partial charge in [0.15, 0.2) is 0 Å². The van der Waals surface area contributed by atoms with Crippen LogP contribution in [0.15, 0.2) is 52.9 Å². The lowest BCUT2D eigenvalue weighted by Gasteiger charge is -2.29. The normalized spacial score (nSPS) is 15.1. The molecule has 6 heteroatoms. The number of aryl methyl sites for hydroxylation is 1. The number of hydrogen-bond acceptors (Lipinski definition) is 5. The summed E-state index contributed by atoms with van der Waals surface area (Å²) >= 11 is 0. The lowest BCUT2D eigenvalue weighted by Crippen LogP contribution is -2.40. The van der Waals surface area contributed by atoms with Gasteiger partial charge < -0.3 is 14.4 Å². The molecule has 138 valence electrons. The van der Waals surface area contributed by atoms with E-state index in [9.17, 15) is 9.90 Å². The minimum Gasteiger partial charge on any atom is -0.416 e. The van der Waals surface area contributed by atoms with Crippen molar-refractivity contribution in [2.75, 3.05) is 13.1 Å². The van der Waals surface area contributed by atoms with Crippen molar-refractivity contribution in [2.45, 2.75) is 25.9 Å². The molecular weight excluding hydrogens is 342 g/mol. The van der Waals surface area contributed by atoms with Crippen LogP contribution in [0.3, 0.4) is 0 Å². The van der Waals surface area contributed by atoms with Crippen LogP contribution in [0.1, 0.15) is 28.8 Å². The average molecular weight is 363 g/mol. The van der Waals surface area contributed by atoms with Crippen molar-refractivity contribution >= 4 is 5.91 Å². The molecule has 0 radical (unpaired) electrons. The van der Waals surface area contributed by atoms with Gasteiger partial charge in [-0.3, -0.25) is 4.79 Å². The zero-order valence-electron chi connectivity index (χ0n) is 15.1. The maximum atomic E-state index is 12.6. The molecule has 2 heterocycles. The Morgan fingerprint density at radius 3 is 2.37 bits per heavy atom. The summed E-state index contributed by atoms with van der Waals surface area (Å²) in [6, 6.07) is 15.1. The fraction of sp³-hybridized carbons (Fsp3) is 0.286. The van der Waals surface area contributed by atoms with Gasteiger partial charge in [0.25, 0.3) is 5.91 Å². The highest BCUT2D eigenvalue weighted by Crippen LogP contribution is 2.25. The monoisotopic (exact) mass is 363 g/mol. The molecular formula is C21H21N3O3. The van der Waals surface area contributed by atoms with Crippen LogP contribution < -0.4 is 0 Å². The molecule has 1 amide bonds. The highest BCUT2D eigenvalue weighted by molar-refractivity contribution is 5.94. The molecule has 0 saturated carbocycles. The Balaban J connectivity index is 1.50. The SMILES string of the molecule is Cc1cccc(-c2nnc(-c3ccc(C(=O)N4CCC(O)CC4)cc3)o2)c1. The summed E-state index contributed by atoms with van der Waals surface area (Å²) in [5.74, 6) is 0.881. The molecule has 0 atom stereocenters. The van der Waals surface area contributed by atoms with Gasteiger partial charge in [0, 0.05) is 29.8 Å². The predicted octanol–water partition coefficient (Wildman–Crippen LogP) is 3.31. The first-order chi connectivity index (χ1) is 13.1. The number of nitrogens with zero attached hydrogens (tertiary/aromatic N) is 3. The van der Waals surface area contributed by atoms with E-state index in [1.54, 1.807) is 17.0 Å². The fourth-order valence-electron chi connectivity index (χ4n) is 3.24. The molecule has 0 aliphatic carbocycles. The molecule has 1 aromatic heterocycles.